The van der Waals surface area contributed by atoms with Crippen molar-refractivity contribution in [3.8, 4) is 5.75 Å². The van der Waals surface area contributed by atoms with Gasteiger partial charge in [-0.3, -0.25) is 4.79 Å². The number of methoxy groups -OCH3 is 1. The third-order valence-electron chi connectivity index (χ3n) is 6.90. The van der Waals surface area contributed by atoms with Crippen LogP contribution in [0.3, 0.4) is 0 Å². The SMILES string of the molecule is COCCCOc1cc2c(c(CN(C(=O)[C@H]3CN(C(=O)OC(C)(C)C)CCO3)C3CC3)c1)CCCC2. The van der Waals surface area contributed by atoms with Gasteiger partial charge in [0.05, 0.1) is 19.8 Å². The van der Waals surface area contributed by atoms with Crippen molar-refractivity contribution in [2.45, 2.75) is 90.0 Å². The maximum absolute atomic E-state index is 13.7. The number of amides is 2. The molecule has 36 heavy (non-hydrogen) atoms. The molecule has 0 N–H and O–H groups in total. The predicted octanol–water partition coefficient (Wildman–Crippen LogP) is 4.11. The van der Waals surface area contributed by atoms with E-state index >= 15 is 0 Å². The smallest absolute Gasteiger partial charge is 0.410 e. The normalized spacial score (nSPS) is 20.0. The number of nitrogens with zero attached hydrogens (tertiary/aromatic N) is 2. The van der Waals surface area contributed by atoms with Gasteiger partial charge < -0.3 is 28.7 Å². The standard InChI is InChI=1S/C28H42N2O6/c1-28(2,3)36-27(32)29-12-15-35-25(19-29)26(31)30(22-10-11-22)18-21-17-23(34-14-7-13-33-4)16-20-8-5-6-9-24(20)21/h16-17,22,25H,5-15,18-19H2,1-4H3/t25-/m1/s1. The number of fused-ring (bicyclic) bond motifs is 1. The first-order valence-corrected chi connectivity index (χ1v) is 13.4. The van der Waals surface area contributed by atoms with Crippen LogP contribution in [0.1, 0.15) is 69.6 Å². The van der Waals surface area contributed by atoms with Crippen LogP contribution in [0.4, 0.5) is 4.79 Å². The molecule has 2 fully saturated rings. The molecule has 0 radical (unpaired) electrons. The van der Waals surface area contributed by atoms with Crippen LogP contribution >= 0.6 is 0 Å². The number of ether oxygens (including phenoxy) is 4. The van der Waals surface area contributed by atoms with E-state index in [-0.39, 0.29) is 18.5 Å². The van der Waals surface area contributed by atoms with Crippen LogP contribution in [0.2, 0.25) is 0 Å². The van der Waals surface area contributed by atoms with Crippen LogP contribution < -0.4 is 4.74 Å². The molecular formula is C28H42N2O6. The maximum atomic E-state index is 13.7. The molecule has 200 valence electrons. The van der Waals surface area contributed by atoms with E-state index in [4.69, 9.17) is 18.9 Å². The lowest BCUT2D eigenvalue weighted by atomic mass is 9.87. The van der Waals surface area contributed by atoms with Crippen LogP contribution in [-0.2, 0) is 38.4 Å². The summed E-state index contributed by atoms with van der Waals surface area (Å²) < 4.78 is 22.6. The van der Waals surface area contributed by atoms with Crippen LogP contribution in [0.15, 0.2) is 12.1 Å². The van der Waals surface area contributed by atoms with E-state index < -0.39 is 17.8 Å². The van der Waals surface area contributed by atoms with E-state index in [9.17, 15) is 9.59 Å². The summed E-state index contributed by atoms with van der Waals surface area (Å²) in [6, 6.07) is 4.52. The maximum Gasteiger partial charge on any atom is 0.410 e. The van der Waals surface area contributed by atoms with Gasteiger partial charge in [0.25, 0.3) is 5.91 Å². The van der Waals surface area contributed by atoms with Gasteiger partial charge in [-0.2, -0.15) is 0 Å². The van der Waals surface area contributed by atoms with E-state index in [2.05, 4.69) is 12.1 Å². The van der Waals surface area contributed by atoms with E-state index in [0.717, 1.165) is 37.9 Å². The predicted molar refractivity (Wildman–Crippen MR) is 136 cm³/mol. The number of hydrogen-bond donors (Lipinski definition) is 0. The fraction of sp³-hybridized carbons (Fsp3) is 0.714. The highest BCUT2D eigenvalue weighted by Crippen LogP contribution is 2.34. The Morgan fingerprint density at radius 1 is 1.14 bits per heavy atom. The summed E-state index contributed by atoms with van der Waals surface area (Å²) in [5.74, 6) is 0.830. The largest absolute Gasteiger partial charge is 0.493 e. The number of rotatable bonds is 9. The van der Waals surface area contributed by atoms with Crippen molar-refractivity contribution in [3.05, 3.63) is 28.8 Å². The highest BCUT2D eigenvalue weighted by atomic mass is 16.6. The molecule has 1 heterocycles. The van der Waals surface area contributed by atoms with Crippen LogP contribution in [0.25, 0.3) is 0 Å². The Morgan fingerprint density at radius 3 is 2.64 bits per heavy atom. The van der Waals surface area contributed by atoms with Crippen molar-refractivity contribution < 1.29 is 28.5 Å². The Bertz CT molecular complexity index is 923. The molecule has 0 spiro atoms. The second-order valence-corrected chi connectivity index (χ2v) is 11.1. The topological polar surface area (TPSA) is 77.5 Å². The number of carbonyl (C=O) groups excluding carboxylic acids is 2. The molecule has 1 aromatic rings. The van der Waals surface area contributed by atoms with Crippen LogP contribution in [0.5, 0.6) is 5.75 Å². The first-order valence-electron chi connectivity index (χ1n) is 13.4. The molecule has 8 nitrogen and oxygen atoms in total. The van der Waals surface area contributed by atoms with Crippen molar-refractivity contribution in [2.75, 3.05) is 40.0 Å². The Hall–Kier alpha value is -2.32. The number of benzene rings is 1. The molecule has 1 atom stereocenters. The fourth-order valence-electron chi connectivity index (χ4n) is 4.98. The van der Waals surface area contributed by atoms with Crippen LogP contribution in [-0.4, -0.2) is 79.6 Å². The Balaban J connectivity index is 1.48. The summed E-state index contributed by atoms with van der Waals surface area (Å²) in [6.07, 6.45) is 6.21. The Labute approximate surface area is 215 Å². The second-order valence-electron chi connectivity index (χ2n) is 11.1. The minimum Gasteiger partial charge on any atom is -0.493 e. The molecule has 1 saturated carbocycles. The van der Waals surface area contributed by atoms with Gasteiger partial charge in [0, 0.05) is 39.3 Å². The fourth-order valence-corrected chi connectivity index (χ4v) is 4.98. The van der Waals surface area contributed by atoms with Gasteiger partial charge in [-0.25, -0.2) is 4.79 Å². The van der Waals surface area contributed by atoms with Gasteiger partial charge in [0.1, 0.15) is 11.4 Å². The van der Waals surface area contributed by atoms with Gasteiger partial charge in [-0.05, 0) is 88.1 Å². The zero-order chi connectivity index (χ0) is 25.7. The first-order chi connectivity index (χ1) is 17.2. The molecular weight excluding hydrogens is 460 g/mol. The molecule has 1 saturated heterocycles. The highest BCUT2D eigenvalue weighted by Gasteiger charge is 2.40. The highest BCUT2D eigenvalue weighted by molar-refractivity contribution is 5.83. The summed E-state index contributed by atoms with van der Waals surface area (Å²) in [7, 11) is 1.70. The molecule has 0 aromatic heterocycles. The minimum absolute atomic E-state index is 0.0401. The second kappa shape index (κ2) is 11.8. The Kier molecular flexibility index (Phi) is 8.78. The van der Waals surface area contributed by atoms with Gasteiger partial charge in [-0.15, -0.1) is 0 Å². The van der Waals surface area contributed by atoms with E-state index in [1.165, 1.54) is 29.5 Å². The molecule has 1 aliphatic heterocycles. The van der Waals surface area contributed by atoms with Gasteiger partial charge in [0.15, 0.2) is 6.10 Å². The lowest BCUT2D eigenvalue weighted by Gasteiger charge is -2.36. The molecule has 0 bridgehead atoms. The lowest BCUT2D eigenvalue weighted by molar-refractivity contribution is -0.150. The van der Waals surface area contributed by atoms with E-state index in [1.807, 2.05) is 25.7 Å². The van der Waals surface area contributed by atoms with Gasteiger partial charge in [-0.1, -0.05) is 0 Å². The van der Waals surface area contributed by atoms with Crippen LogP contribution in [0, 0.1) is 0 Å². The van der Waals surface area contributed by atoms with Crippen molar-refractivity contribution in [3.63, 3.8) is 0 Å². The molecule has 3 aliphatic rings. The van der Waals surface area contributed by atoms with Gasteiger partial charge >= 0.3 is 6.09 Å². The monoisotopic (exact) mass is 502 g/mol. The molecule has 2 amide bonds. The third-order valence-corrected chi connectivity index (χ3v) is 6.90. The van der Waals surface area contributed by atoms with Crippen molar-refractivity contribution in [2.24, 2.45) is 0 Å². The average Bonchev–Trinajstić information content (AvgIpc) is 3.69. The summed E-state index contributed by atoms with van der Waals surface area (Å²) >= 11 is 0. The number of morpholine rings is 1. The quantitative estimate of drug-likeness (QED) is 0.473. The summed E-state index contributed by atoms with van der Waals surface area (Å²) in [5.41, 5.74) is 3.30. The number of carbonyl (C=O) groups is 2. The third kappa shape index (κ3) is 7.13. The number of hydrogen-bond acceptors (Lipinski definition) is 6. The minimum atomic E-state index is -0.670. The molecule has 1 aromatic carbocycles. The van der Waals surface area contributed by atoms with E-state index in [1.54, 1.807) is 12.0 Å². The summed E-state index contributed by atoms with van der Waals surface area (Å²) in [4.78, 5) is 29.9. The Morgan fingerprint density at radius 2 is 1.92 bits per heavy atom. The van der Waals surface area contributed by atoms with Crippen molar-refractivity contribution in [1.82, 2.24) is 9.80 Å². The summed E-state index contributed by atoms with van der Waals surface area (Å²) in [6.45, 7) is 8.34. The molecule has 4 rings (SSSR count). The van der Waals surface area contributed by atoms with Crippen molar-refractivity contribution in [1.29, 1.82) is 0 Å². The molecule has 0 unspecified atom stereocenters. The lowest BCUT2D eigenvalue weighted by Crippen LogP contribution is -2.53. The molecule has 2 aliphatic carbocycles. The zero-order valence-electron chi connectivity index (χ0n) is 22.3. The average molecular weight is 503 g/mol. The van der Waals surface area contributed by atoms with Gasteiger partial charge in [0.2, 0.25) is 0 Å². The van der Waals surface area contributed by atoms with E-state index in [0.29, 0.717) is 32.9 Å². The van der Waals surface area contributed by atoms with Crippen molar-refractivity contribution >= 4 is 12.0 Å². The number of aryl methyl sites for hydroxylation is 1. The zero-order valence-corrected chi connectivity index (χ0v) is 22.3. The summed E-state index contributed by atoms with van der Waals surface area (Å²) in [5, 5.41) is 0. The molecule has 8 heteroatoms. The first kappa shape index (κ1) is 26.7.